The highest BCUT2D eigenvalue weighted by Crippen LogP contribution is 2.29. The van der Waals surface area contributed by atoms with Crippen LogP contribution in [-0.2, 0) is 0 Å². The quantitative estimate of drug-likeness (QED) is 0.632. The largest absolute Gasteiger partial charge is 0.508 e. The number of aromatic amines is 1. The fraction of sp³-hybridized carbons (Fsp3) is 0. The van der Waals surface area contributed by atoms with Crippen LogP contribution in [0.1, 0.15) is 15.9 Å². The van der Waals surface area contributed by atoms with Crippen molar-refractivity contribution in [1.82, 2.24) is 4.98 Å². The number of carbonyl (C=O) groups is 1. The second kappa shape index (κ2) is 4.58. The van der Waals surface area contributed by atoms with Gasteiger partial charge in [-0.05, 0) is 30.3 Å². The molecule has 20 heavy (non-hydrogen) atoms. The first-order valence-corrected chi connectivity index (χ1v) is 6.27. The molecule has 0 amide bonds. The van der Waals surface area contributed by atoms with E-state index >= 15 is 0 Å². The molecule has 0 radical (unpaired) electrons. The molecule has 1 heterocycles. The van der Waals surface area contributed by atoms with Gasteiger partial charge in [-0.25, -0.2) is 0 Å². The zero-order valence-electron chi connectivity index (χ0n) is 10.2. The third kappa shape index (κ3) is 2.00. The third-order valence-electron chi connectivity index (χ3n) is 3.11. The van der Waals surface area contributed by atoms with Crippen LogP contribution >= 0.6 is 11.6 Å². The summed E-state index contributed by atoms with van der Waals surface area (Å²) >= 11 is 5.94. The van der Waals surface area contributed by atoms with Gasteiger partial charge in [-0.3, -0.25) is 4.79 Å². The van der Waals surface area contributed by atoms with Crippen LogP contribution in [0.25, 0.3) is 10.9 Å². The number of aromatic hydroxyl groups is 2. The van der Waals surface area contributed by atoms with Crippen molar-refractivity contribution in [3.63, 3.8) is 0 Å². The van der Waals surface area contributed by atoms with Gasteiger partial charge >= 0.3 is 0 Å². The first-order valence-electron chi connectivity index (χ1n) is 5.89. The summed E-state index contributed by atoms with van der Waals surface area (Å²) in [7, 11) is 0. The lowest BCUT2D eigenvalue weighted by Gasteiger charge is -2.03. The van der Waals surface area contributed by atoms with Gasteiger partial charge < -0.3 is 15.2 Å². The fourth-order valence-electron chi connectivity index (χ4n) is 2.14. The van der Waals surface area contributed by atoms with Crippen LogP contribution < -0.4 is 0 Å². The summed E-state index contributed by atoms with van der Waals surface area (Å²) in [6.07, 6.45) is 1.58. The molecule has 5 heteroatoms. The average molecular weight is 288 g/mol. The van der Waals surface area contributed by atoms with Crippen LogP contribution in [0, 0.1) is 0 Å². The van der Waals surface area contributed by atoms with Crippen molar-refractivity contribution in [2.75, 3.05) is 0 Å². The van der Waals surface area contributed by atoms with E-state index in [9.17, 15) is 15.0 Å². The minimum absolute atomic E-state index is 0.0963. The van der Waals surface area contributed by atoms with Crippen LogP contribution in [0.2, 0.25) is 5.02 Å². The number of aromatic nitrogens is 1. The Hall–Kier alpha value is -2.46. The van der Waals surface area contributed by atoms with E-state index in [1.165, 1.54) is 12.1 Å². The predicted molar refractivity (Wildman–Crippen MR) is 76.5 cm³/mol. The smallest absolute Gasteiger partial charge is 0.198 e. The van der Waals surface area contributed by atoms with E-state index in [0.717, 1.165) is 11.6 Å². The van der Waals surface area contributed by atoms with Gasteiger partial charge in [0.15, 0.2) is 5.78 Å². The molecule has 3 rings (SSSR count). The number of hydrogen-bond acceptors (Lipinski definition) is 3. The molecular formula is C15H10ClNO3. The summed E-state index contributed by atoms with van der Waals surface area (Å²) in [5.74, 6) is -0.691. The van der Waals surface area contributed by atoms with Crippen molar-refractivity contribution in [3.8, 4) is 11.5 Å². The average Bonchev–Trinajstić information content (AvgIpc) is 2.81. The number of phenolic OH excluding ortho intramolecular Hbond substituents is 2. The van der Waals surface area contributed by atoms with E-state index in [0.29, 0.717) is 16.0 Å². The van der Waals surface area contributed by atoms with E-state index in [-0.39, 0.29) is 22.8 Å². The van der Waals surface area contributed by atoms with E-state index in [1.807, 2.05) is 0 Å². The van der Waals surface area contributed by atoms with E-state index in [1.54, 1.807) is 24.4 Å². The molecule has 0 atom stereocenters. The molecule has 3 aromatic rings. The predicted octanol–water partition coefficient (Wildman–Crippen LogP) is 3.46. The number of ketones is 1. The number of nitrogens with one attached hydrogen (secondary N) is 1. The molecule has 0 aliphatic carbocycles. The molecule has 0 fully saturated rings. The highest BCUT2D eigenvalue weighted by Gasteiger charge is 2.17. The molecule has 4 nitrogen and oxygen atoms in total. The number of phenols is 2. The fourth-order valence-corrected chi connectivity index (χ4v) is 2.31. The Kier molecular flexibility index (Phi) is 2.88. The van der Waals surface area contributed by atoms with Crippen molar-refractivity contribution < 1.29 is 15.0 Å². The molecule has 3 N–H and O–H groups in total. The SMILES string of the molecule is O=C(c1ccc(O)cc1O)c1c[nH]c2ccc(Cl)cc12. The molecule has 0 unspecified atom stereocenters. The lowest BCUT2D eigenvalue weighted by Crippen LogP contribution is -2.00. The zero-order chi connectivity index (χ0) is 14.3. The maximum Gasteiger partial charge on any atom is 0.198 e. The summed E-state index contributed by atoms with van der Waals surface area (Å²) < 4.78 is 0. The summed E-state index contributed by atoms with van der Waals surface area (Å²) in [5.41, 5.74) is 1.34. The second-order valence-corrected chi connectivity index (χ2v) is 4.86. The van der Waals surface area contributed by atoms with Crippen molar-refractivity contribution >= 4 is 28.3 Å². The molecule has 2 aromatic carbocycles. The Labute approximate surface area is 119 Å². The lowest BCUT2D eigenvalue weighted by atomic mass is 10.0. The van der Waals surface area contributed by atoms with Gasteiger partial charge in [-0.2, -0.15) is 0 Å². The summed E-state index contributed by atoms with van der Waals surface area (Å²) in [4.78, 5) is 15.4. The maximum absolute atomic E-state index is 12.5. The normalized spacial score (nSPS) is 10.8. The Bertz CT molecular complexity index is 823. The second-order valence-electron chi connectivity index (χ2n) is 4.42. The minimum Gasteiger partial charge on any atom is -0.508 e. The first-order chi connectivity index (χ1) is 9.56. The maximum atomic E-state index is 12.5. The highest BCUT2D eigenvalue weighted by atomic mass is 35.5. The Morgan fingerprint density at radius 3 is 2.60 bits per heavy atom. The van der Waals surface area contributed by atoms with Gasteiger partial charge in [-0.15, -0.1) is 0 Å². The van der Waals surface area contributed by atoms with Gasteiger partial charge in [0.05, 0.1) is 5.56 Å². The van der Waals surface area contributed by atoms with Crippen molar-refractivity contribution in [2.45, 2.75) is 0 Å². The van der Waals surface area contributed by atoms with Crippen LogP contribution in [-0.4, -0.2) is 21.0 Å². The molecule has 0 aliphatic heterocycles. The van der Waals surface area contributed by atoms with Crippen LogP contribution in [0.15, 0.2) is 42.6 Å². The first kappa shape index (κ1) is 12.6. The van der Waals surface area contributed by atoms with Crippen LogP contribution in [0.4, 0.5) is 0 Å². The van der Waals surface area contributed by atoms with Crippen molar-refractivity contribution in [1.29, 1.82) is 0 Å². The zero-order valence-corrected chi connectivity index (χ0v) is 11.0. The summed E-state index contributed by atoms with van der Waals surface area (Å²) in [5, 5.41) is 20.3. The monoisotopic (exact) mass is 287 g/mol. The number of benzene rings is 2. The van der Waals surface area contributed by atoms with Gasteiger partial charge in [0, 0.05) is 33.8 Å². The molecule has 0 saturated heterocycles. The van der Waals surface area contributed by atoms with Gasteiger partial charge in [0.2, 0.25) is 0 Å². The number of rotatable bonds is 2. The number of carbonyl (C=O) groups excluding carboxylic acids is 1. The highest BCUT2D eigenvalue weighted by molar-refractivity contribution is 6.31. The topological polar surface area (TPSA) is 73.3 Å². The number of H-pyrrole nitrogens is 1. The lowest BCUT2D eigenvalue weighted by molar-refractivity contribution is 0.103. The Balaban J connectivity index is 2.15. The van der Waals surface area contributed by atoms with E-state index in [2.05, 4.69) is 4.98 Å². The summed E-state index contributed by atoms with van der Waals surface area (Å²) in [6, 6.07) is 9.08. The standard InChI is InChI=1S/C15H10ClNO3/c16-8-1-4-13-11(5-8)12(7-17-13)15(20)10-3-2-9(18)6-14(10)19/h1-7,17-19H. The number of halogens is 1. The van der Waals surface area contributed by atoms with Crippen LogP contribution in [0.3, 0.4) is 0 Å². The Morgan fingerprint density at radius 1 is 1.05 bits per heavy atom. The van der Waals surface area contributed by atoms with Gasteiger partial charge in [-0.1, -0.05) is 11.6 Å². The molecule has 0 saturated carbocycles. The molecule has 0 spiro atoms. The minimum atomic E-state index is -0.337. The van der Waals surface area contributed by atoms with Crippen molar-refractivity contribution in [2.24, 2.45) is 0 Å². The molecule has 1 aromatic heterocycles. The van der Waals surface area contributed by atoms with Gasteiger partial charge in [0.1, 0.15) is 11.5 Å². The van der Waals surface area contributed by atoms with Crippen LogP contribution in [0.5, 0.6) is 11.5 Å². The number of fused-ring (bicyclic) bond motifs is 1. The Morgan fingerprint density at radius 2 is 1.85 bits per heavy atom. The molecule has 0 aliphatic rings. The summed E-state index contributed by atoms with van der Waals surface area (Å²) in [6.45, 7) is 0. The molecule has 100 valence electrons. The molecule has 0 bridgehead atoms. The van der Waals surface area contributed by atoms with E-state index in [4.69, 9.17) is 11.6 Å². The van der Waals surface area contributed by atoms with Gasteiger partial charge in [0.25, 0.3) is 0 Å². The molecular weight excluding hydrogens is 278 g/mol. The van der Waals surface area contributed by atoms with E-state index < -0.39 is 0 Å². The van der Waals surface area contributed by atoms with Crippen molar-refractivity contribution in [3.05, 3.63) is 58.7 Å². The number of hydrogen-bond donors (Lipinski definition) is 3. The third-order valence-corrected chi connectivity index (χ3v) is 3.35.